The Morgan fingerprint density at radius 3 is 1.86 bits per heavy atom. The van der Waals surface area contributed by atoms with Crippen molar-refractivity contribution in [2.45, 2.75) is 0 Å². The monoisotopic (exact) mass is 346 g/mol. The maximum Gasteiger partial charge on any atom is 0.336 e. The molecule has 5 heteroatoms. The topological polar surface area (TPSA) is 74.6 Å². The smallest absolute Gasteiger partial charge is 0.336 e. The normalized spacial score (nSPS) is 11.2. The number of aromatic carboxylic acids is 1. The summed E-state index contributed by atoms with van der Waals surface area (Å²) in [7, 11) is 0. The molecule has 21 heavy (non-hydrogen) atoms. The summed E-state index contributed by atoms with van der Waals surface area (Å²) in [5.41, 5.74) is 1.51. The largest absolute Gasteiger partial charge is 0.478 e. The van der Waals surface area contributed by atoms with Crippen molar-refractivity contribution in [2.75, 3.05) is 0 Å². The van der Waals surface area contributed by atoms with Crippen molar-refractivity contribution in [3.05, 3.63) is 69.7 Å². The molecule has 0 saturated carbocycles. The highest BCUT2D eigenvalue weighted by molar-refractivity contribution is 9.10. The average Bonchev–Trinajstić information content (AvgIpc) is 2.46. The fourth-order valence-electron chi connectivity index (χ4n) is 1.79. The van der Waals surface area contributed by atoms with E-state index in [9.17, 15) is 14.7 Å². The van der Waals surface area contributed by atoms with Gasteiger partial charge in [0.1, 0.15) is 0 Å². The fraction of sp³-hybridized carbons (Fsp3) is 0. The van der Waals surface area contributed by atoms with Crippen LogP contribution in [0.4, 0.5) is 0 Å². The second-order valence-corrected chi connectivity index (χ2v) is 5.21. The molecule has 0 aliphatic heterocycles. The van der Waals surface area contributed by atoms with Gasteiger partial charge >= 0.3 is 11.9 Å². The molecule has 0 bridgehead atoms. The quantitative estimate of drug-likeness (QED) is 0.652. The lowest BCUT2D eigenvalue weighted by Gasteiger charge is -2.04. The van der Waals surface area contributed by atoms with Crippen LogP contribution in [0.25, 0.3) is 11.6 Å². The first kappa shape index (κ1) is 15.0. The Labute approximate surface area is 129 Å². The van der Waals surface area contributed by atoms with E-state index in [-0.39, 0.29) is 11.1 Å². The zero-order valence-corrected chi connectivity index (χ0v) is 12.4. The number of aliphatic carboxylic acids is 1. The van der Waals surface area contributed by atoms with Crippen LogP contribution in [0, 0.1) is 0 Å². The zero-order valence-electron chi connectivity index (χ0n) is 10.8. The lowest BCUT2D eigenvalue weighted by molar-refractivity contribution is -0.130. The summed E-state index contributed by atoms with van der Waals surface area (Å²) in [6, 6.07) is 13.0. The molecule has 2 rings (SSSR count). The molecule has 0 saturated heterocycles. The number of carboxylic acid groups (broad SMARTS) is 2. The first-order valence-corrected chi connectivity index (χ1v) is 6.81. The van der Waals surface area contributed by atoms with Crippen LogP contribution in [0.3, 0.4) is 0 Å². The Morgan fingerprint density at radius 2 is 1.38 bits per heavy atom. The number of halogens is 1. The SMILES string of the molecule is O=C(O)/C(=C\c1ccc(C(=O)O)cc1)c1ccc(Br)cc1. The van der Waals surface area contributed by atoms with E-state index < -0.39 is 11.9 Å². The van der Waals surface area contributed by atoms with Gasteiger partial charge in [-0.05, 0) is 41.5 Å². The van der Waals surface area contributed by atoms with Gasteiger partial charge in [-0.25, -0.2) is 9.59 Å². The van der Waals surface area contributed by atoms with Gasteiger partial charge in [-0.15, -0.1) is 0 Å². The Morgan fingerprint density at radius 1 is 0.857 bits per heavy atom. The summed E-state index contributed by atoms with van der Waals surface area (Å²) in [5.74, 6) is -2.06. The Balaban J connectivity index is 2.40. The van der Waals surface area contributed by atoms with Crippen molar-refractivity contribution < 1.29 is 19.8 Å². The standard InChI is InChI=1S/C16H11BrO4/c17-13-7-5-11(6-8-13)14(16(20)21)9-10-1-3-12(4-2-10)15(18)19/h1-9H,(H,18,19)(H,20,21)/b14-9-. The van der Waals surface area contributed by atoms with Gasteiger partial charge in [0.05, 0.1) is 11.1 Å². The van der Waals surface area contributed by atoms with Gasteiger partial charge in [0.15, 0.2) is 0 Å². The zero-order chi connectivity index (χ0) is 15.4. The molecule has 0 aliphatic rings. The van der Waals surface area contributed by atoms with Crippen LogP contribution >= 0.6 is 15.9 Å². The molecule has 2 aromatic carbocycles. The van der Waals surface area contributed by atoms with Crippen LogP contribution in [-0.4, -0.2) is 22.2 Å². The van der Waals surface area contributed by atoms with Crippen molar-refractivity contribution in [2.24, 2.45) is 0 Å². The summed E-state index contributed by atoms with van der Waals surface area (Å²) >= 11 is 3.30. The average molecular weight is 347 g/mol. The Hall–Kier alpha value is -2.40. The number of hydrogen-bond acceptors (Lipinski definition) is 2. The van der Waals surface area contributed by atoms with Crippen molar-refractivity contribution in [1.29, 1.82) is 0 Å². The van der Waals surface area contributed by atoms with Crippen molar-refractivity contribution in [3.8, 4) is 0 Å². The second kappa shape index (κ2) is 6.37. The fourth-order valence-corrected chi connectivity index (χ4v) is 2.05. The molecule has 2 N–H and O–H groups in total. The number of carboxylic acids is 2. The predicted octanol–water partition coefficient (Wildman–Crippen LogP) is 3.77. The summed E-state index contributed by atoms with van der Waals surface area (Å²) in [4.78, 5) is 22.2. The van der Waals surface area contributed by atoms with E-state index in [0.29, 0.717) is 11.1 Å². The Bertz CT molecular complexity index is 700. The molecule has 0 aliphatic carbocycles. The van der Waals surface area contributed by atoms with Crippen LogP contribution in [0.1, 0.15) is 21.5 Å². The molecule has 2 aromatic rings. The van der Waals surface area contributed by atoms with E-state index in [2.05, 4.69) is 15.9 Å². The van der Waals surface area contributed by atoms with Gasteiger partial charge in [-0.3, -0.25) is 0 Å². The van der Waals surface area contributed by atoms with E-state index >= 15 is 0 Å². The third kappa shape index (κ3) is 3.79. The highest BCUT2D eigenvalue weighted by Crippen LogP contribution is 2.21. The van der Waals surface area contributed by atoms with E-state index in [1.54, 1.807) is 36.4 Å². The minimum absolute atomic E-state index is 0.144. The van der Waals surface area contributed by atoms with Crippen molar-refractivity contribution in [3.63, 3.8) is 0 Å². The first-order valence-electron chi connectivity index (χ1n) is 6.01. The Kier molecular flexibility index (Phi) is 4.55. The summed E-state index contributed by atoms with van der Waals surface area (Å²) in [6.45, 7) is 0. The van der Waals surface area contributed by atoms with Gasteiger partial charge in [-0.2, -0.15) is 0 Å². The van der Waals surface area contributed by atoms with Crippen molar-refractivity contribution in [1.82, 2.24) is 0 Å². The highest BCUT2D eigenvalue weighted by atomic mass is 79.9. The van der Waals surface area contributed by atoms with Gasteiger partial charge < -0.3 is 10.2 Å². The number of rotatable bonds is 4. The molecule has 106 valence electrons. The molecule has 0 aromatic heterocycles. The van der Waals surface area contributed by atoms with Crippen LogP contribution in [-0.2, 0) is 4.79 Å². The molecule has 0 fully saturated rings. The predicted molar refractivity (Wildman–Crippen MR) is 83.1 cm³/mol. The van der Waals surface area contributed by atoms with E-state index in [1.165, 1.54) is 18.2 Å². The van der Waals surface area contributed by atoms with E-state index in [4.69, 9.17) is 5.11 Å². The van der Waals surface area contributed by atoms with E-state index in [1.807, 2.05) is 0 Å². The molecular formula is C16H11BrO4. The number of hydrogen-bond donors (Lipinski definition) is 2. The molecule has 0 spiro atoms. The summed E-state index contributed by atoms with van der Waals surface area (Å²) in [5, 5.41) is 18.2. The van der Waals surface area contributed by atoms with Crippen LogP contribution in [0.5, 0.6) is 0 Å². The second-order valence-electron chi connectivity index (χ2n) is 4.30. The third-order valence-corrected chi connectivity index (χ3v) is 3.38. The van der Waals surface area contributed by atoms with Gasteiger partial charge in [-0.1, -0.05) is 40.2 Å². The first-order chi connectivity index (χ1) is 9.97. The molecule has 4 nitrogen and oxygen atoms in total. The maximum absolute atomic E-state index is 11.4. The lowest BCUT2D eigenvalue weighted by Crippen LogP contribution is -2.00. The highest BCUT2D eigenvalue weighted by Gasteiger charge is 2.10. The van der Waals surface area contributed by atoms with Gasteiger partial charge in [0, 0.05) is 4.47 Å². The lowest BCUT2D eigenvalue weighted by atomic mass is 10.0. The molecule has 0 heterocycles. The minimum atomic E-state index is -1.04. The van der Waals surface area contributed by atoms with Crippen LogP contribution in [0.2, 0.25) is 0 Å². The molecule has 0 unspecified atom stereocenters. The molecule has 0 radical (unpaired) electrons. The number of benzene rings is 2. The minimum Gasteiger partial charge on any atom is -0.478 e. The summed E-state index contributed by atoms with van der Waals surface area (Å²) in [6.07, 6.45) is 1.51. The third-order valence-electron chi connectivity index (χ3n) is 2.85. The summed E-state index contributed by atoms with van der Waals surface area (Å²) < 4.78 is 0.863. The van der Waals surface area contributed by atoms with Gasteiger partial charge in [0.2, 0.25) is 0 Å². The van der Waals surface area contributed by atoms with Gasteiger partial charge in [0.25, 0.3) is 0 Å². The molecule has 0 atom stereocenters. The molecule has 0 amide bonds. The molecular weight excluding hydrogens is 336 g/mol. The maximum atomic E-state index is 11.4. The number of carbonyl (C=O) groups is 2. The van der Waals surface area contributed by atoms with E-state index in [0.717, 1.165) is 4.47 Å². The van der Waals surface area contributed by atoms with Crippen LogP contribution in [0.15, 0.2) is 53.0 Å². The van der Waals surface area contributed by atoms with Crippen molar-refractivity contribution >= 4 is 39.5 Å². The van der Waals surface area contributed by atoms with Crippen LogP contribution < -0.4 is 0 Å².